The highest BCUT2D eigenvalue weighted by atomic mass is 32.2. The Hall–Kier alpha value is -0.510. The summed E-state index contributed by atoms with van der Waals surface area (Å²) in [5.74, 6) is 0.567. The van der Waals surface area contributed by atoms with E-state index in [2.05, 4.69) is 38.1 Å². The van der Waals surface area contributed by atoms with Gasteiger partial charge in [0.15, 0.2) is 0 Å². The van der Waals surface area contributed by atoms with Gasteiger partial charge in [-0.25, -0.2) is 0 Å². The minimum atomic E-state index is -0.0979. The number of aliphatic hydroxyl groups excluding tert-OH is 1. The summed E-state index contributed by atoms with van der Waals surface area (Å²) in [5.41, 5.74) is 1.35. The molecule has 1 aromatic rings. The first-order valence-electron chi connectivity index (χ1n) is 5.63. The summed E-state index contributed by atoms with van der Waals surface area (Å²) in [5, 5.41) is 9.34. The summed E-state index contributed by atoms with van der Waals surface area (Å²) in [6, 6.07) is 8.60. The molecule has 1 aliphatic rings. The lowest BCUT2D eigenvalue weighted by atomic mass is 10.0. The molecule has 1 saturated heterocycles. The van der Waals surface area contributed by atoms with E-state index in [1.165, 1.54) is 10.5 Å². The van der Waals surface area contributed by atoms with Crippen LogP contribution in [0.2, 0.25) is 0 Å². The molecule has 0 aliphatic carbocycles. The van der Waals surface area contributed by atoms with Crippen LogP contribution in [0.15, 0.2) is 29.2 Å². The largest absolute Gasteiger partial charge is 0.395 e. The van der Waals surface area contributed by atoms with E-state index < -0.39 is 0 Å². The van der Waals surface area contributed by atoms with Crippen molar-refractivity contribution >= 4 is 11.8 Å². The van der Waals surface area contributed by atoms with Crippen LogP contribution in [0.1, 0.15) is 25.3 Å². The molecule has 16 heavy (non-hydrogen) atoms. The van der Waals surface area contributed by atoms with Crippen LogP contribution in [0.4, 0.5) is 0 Å². The highest BCUT2D eigenvalue weighted by molar-refractivity contribution is 8.00. The van der Waals surface area contributed by atoms with Gasteiger partial charge in [-0.3, -0.25) is 0 Å². The van der Waals surface area contributed by atoms with Gasteiger partial charge in [0.05, 0.1) is 24.6 Å². The quantitative estimate of drug-likeness (QED) is 0.874. The zero-order valence-electron chi connectivity index (χ0n) is 9.77. The van der Waals surface area contributed by atoms with E-state index in [1.54, 1.807) is 11.8 Å². The first kappa shape index (κ1) is 12.0. The van der Waals surface area contributed by atoms with E-state index in [0.29, 0.717) is 19.1 Å². The van der Waals surface area contributed by atoms with Crippen molar-refractivity contribution in [3.63, 3.8) is 0 Å². The molecule has 1 heterocycles. The molecule has 1 N–H and O–H groups in total. The van der Waals surface area contributed by atoms with Gasteiger partial charge in [-0.1, -0.05) is 26.0 Å². The number of thioether (sulfide) groups is 1. The summed E-state index contributed by atoms with van der Waals surface area (Å²) in [4.78, 5) is 1.21. The van der Waals surface area contributed by atoms with E-state index in [9.17, 15) is 5.11 Å². The highest BCUT2D eigenvalue weighted by Crippen LogP contribution is 2.38. The summed E-state index contributed by atoms with van der Waals surface area (Å²) in [7, 11) is 0. The van der Waals surface area contributed by atoms with Crippen molar-refractivity contribution in [1.29, 1.82) is 0 Å². The maximum absolute atomic E-state index is 9.34. The fourth-order valence-electron chi connectivity index (χ4n) is 1.68. The molecule has 0 radical (unpaired) electrons. The maximum Gasteiger partial charge on any atom is 0.0902 e. The normalized spacial score (nSPS) is 18.5. The Balaban J connectivity index is 2.05. The van der Waals surface area contributed by atoms with Crippen LogP contribution in [0.3, 0.4) is 0 Å². The van der Waals surface area contributed by atoms with Crippen LogP contribution in [0.5, 0.6) is 0 Å². The van der Waals surface area contributed by atoms with E-state index in [-0.39, 0.29) is 11.4 Å². The number of hydrogen-bond acceptors (Lipinski definition) is 3. The van der Waals surface area contributed by atoms with Crippen molar-refractivity contribution in [2.24, 2.45) is 0 Å². The van der Waals surface area contributed by atoms with Gasteiger partial charge in [0.1, 0.15) is 0 Å². The fraction of sp³-hybridized carbons (Fsp3) is 0.538. The lowest BCUT2D eigenvalue weighted by Crippen LogP contribution is -2.49. The molecule has 0 atom stereocenters. The van der Waals surface area contributed by atoms with Crippen LogP contribution in [-0.4, -0.2) is 29.7 Å². The first-order valence-corrected chi connectivity index (χ1v) is 6.44. The molecule has 0 bridgehead atoms. The van der Waals surface area contributed by atoms with Gasteiger partial charge in [-0.2, -0.15) is 0 Å². The molecule has 1 aromatic carbocycles. The third kappa shape index (κ3) is 2.42. The third-order valence-electron chi connectivity index (χ3n) is 2.90. The molecule has 0 spiro atoms. The molecule has 0 aromatic heterocycles. The van der Waals surface area contributed by atoms with Gasteiger partial charge in [-0.05, 0) is 23.6 Å². The lowest BCUT2D eigenvalue weighted by Gasteiger charge is -2.39. The Bertz CT molecular complexity index is 336. The van der Waals surface area contributed by atoms with E-state index in [1.807, 2.05) is 0 Å². The number of aliphatic hydroxyl groups is 1. The van der Waals surface area contributed by atoms with Crippen LogP contribution < -0.4 is 0 Å². The van der Waals surface area contributed by atoms with E-state index in [4.69, 9.17) is 4.74 Å². The first-order chi connectivity index (χ1) is 7.65. The molecule has 2 nitrogen and oxygen atoms in total. The minimum absolute atomic E-state index is 0.0979. The summed E-state index contributed by atoms with van der Waals surface area (Å²) in [6.45, 7) is 5.87. The Labute approximate surface area is 101 Å². The molecule has 1 fully saturated rings. The van der Waals surface area contributed by atoms with Gasteiger partial charge in [0.2, 0.25) is 0 Å². The lowest BCUT2D eigenvalue weighted by molar-refractivity contribution is -0.0318. The van der Waals surface area contributed by atoms with Gasteiger partial charge < -0.3 is 9.84 Å². The molecule has 0 saturated carbocycles. The summed E-state index contributed by atoms with van der Waals surface area (Å²) in [6.07, 6.45) is 0. The molecule has 3 heteroatoms. The second-order valence-corrected chi connectivity index (χ2v) is 6.20. The monoisotopic (exact) mass is 238 g/mol. The van der Waals surface area contributed by atoms with Gasteiger partial charge in [-0.15, -0.1) is 11.8 Å². The molecule has 0 amide bonds. The number of rotatable bonds is 4. The Kier molecular flexibility index (Phi) is 3.57. The highest BCUT2D eigenvalue weighted by Gasteiger charge is 2.39. The number of benzene rings is 1. The van der Waals surface area contributed by atoms with Gasteiger partial charge in [0, 0.05) is 4.90 Å². The predicted molar refractivity (Wildman–Crippen MR) is 67.0 cm³/mol. The third-order valence-corrected chi connectivity index (χ3v) is 4.21. The van der Waals surface area contributed by atoms with Gasteiger partial charge in [0.25, 0.3) is 0 Å². The zero-order valence-corrected chi connectivity index (χ0v) is 10.6. The molecular formula is C13H18O2S. The SMILES string of the molecule is CC(C)c1ccc(SC2(CO)COC2)cc1. The molecule has 1 aliphatic heterocycles. The van der Waals surface area contributed by atoms with Crippen molar-refractivity contribution in [2.75, 3.05) is 19.8 Å². The van der Waals surface area contributed by atoms with Crippen LogP contribution >= 0.6 is 11.8 Å². The smallest absolute Gasteiger partial charge is 0.0902 e. The van der Waals surface area contributed by atoms with E-state index in [0.717, 1.165) is 0 Å². The number of hydrogen-bond donors (Lipinski definition) is 1. The number of ether oxygens (including phenoxy) is 1. The van der Waals surface area contributed by atoms with Gasteiger partial charge >= 0.3 is 0 Å². The van der Waals surface area contributed by atoms with Crippen LogP contribution in [-0.2, 0) is 4.74 Å². The molecular weight excluding hydrogens is 220 g/mol. The summed E-state index contributed by atoms with van der Waals surface area (Å²) < 4.78 is 5.08. The molecule has 2 rings (SSSR count). The Morgan fingerprint density at radius 1 is 1.31 bits per heavy atom. The topological polar surface area (TPSA) is 29.5 Å². The van der Waals surface area contributed by atoms with Crippen molar-refractivity contribution in [3.05, 3.63) is 29.8 Å². The van der Waals surface area contributed by atoms with Crippen molar-refractivity contribution < 1.29 is 9.84 Å². The molecule has 88 valence electrons. The van der Waals surface area contributed by atoms with Crippen molar-refractivity contribution in [3.8, 4) is 0 Å². The summed E-state index contributed by atoms with van der Waals surface area (Å²) >= 11 is 1.72. The Morgan fingerprint density at radius 3 is 2.31 bits per heavy atom. The zero-order chi connectivity index (χ0) is 11.6. The minimum Gasteiger partial charge on any atom is -0.395 e. The maximum atomic E-state index is 9.34. The van der Waals surface area contributed by atoms with Crippen LogP contribution in [0.25, 0.3) is 0 Å². The fourth-order valence-corrected chi connectivity index (χ4v) is 2.80. The van der Waals surface area contributed by atoms with Crippen molar-refractivity contribution in [1.82, 2.24) is 0 Å². The second kappa shape index (κ2) is 4.78. The second-order valence-electron chi connectivity index (χ2n) is 4.66. The van der Waals surface area contributed by atoms with Crippen LogP contribution in [0, 0.1) is 0 Å². The standard InChI is InChI=1S/C13H18O2S/c1-10(2)11-3-5-12(6-4-11)16-13(7-14)8-15-9-13/h3-6,10,14H,7-9H2,1-2H3. The average Bonchev–Trinajstić information content (AvgIpc) is 2.24. The Morgan fingerprint density at radius 2 is 1.94 bits per heavy atom. The predicted octanol–water partition coefficient (Wildman–Crippen LogP) is 2.66. The molecule has 0 unspecified atom stereocenters. The average molecular weight is 238 g/mol. The van der Waals surface area contributed by atoms with E-state index >= 15 is 0 Å². The van der Waals surface area contributed by atoms with Crippen molar-refractivity contribution in [2.45, 2.75) is 29.4 Å².